The first kappa shape index (κ1) is 12.7. The first-order valence-electron chi connectivity index (χ1n) is 5.81. The third-order valence-corrected chi connectivity index (χ3v) is 3.20. The molecule has 1 aromatic carbocycles. The van der Waals surface area contributed by atoms with Gasteiger partial charge in [0.2, 0.25) is 11.8 Å². The predicted octanol–water partition coefficient (Wildman–Crippen LogP) is 1.23. The second-order valence-electron chi connectivity index (χ2n) is 4.46. The highest BCUT2D eigenvalue weighted by Gasteiger charge is 2.36. The van der Waals surface area contributed by atoms with Crippen molar-refractivity contribution in [2.75, 3.05) is 7.05 Å². The molecule has 5 heteroatoms. The molecule has 0 saturated carbocycles. The van der Waals surface area contributed by atoms with Crippen molar-refractivity contribution in [2.24, 2.45) is 0 Å². The van der Waals surface area contributed by atoms with Gasteiger partial charge in [-0.15, -0.1) is 0 Å². The molecule has 96 valence electrons. The molecule has 1 fully saturated rings. The smallest absolute Gasteiger partial charge is 0.246 e. The zero-order chi connectivity index (χ0) is 13.3. The largest absolute Gasteiger partial charge is 0.299 e. The number of halogens is 1. The van der Waals surface area contributed by atoms with Crippen LogP contribution in [0.1, 0.15) is 24.9 Å². The number of nitrogens with zero attached hydrogens (tertiary/aromatic N) is 1. The van der Waals surface area contributed by atoms with E-state index in [9.17, 15) is 14.0 Å². The lowest BCUT2D eigenvalue weighted by Crippen LogP contribution is -2.38. The van der Waals surface area contributed by atoms with Crippen LogP contribution in [0.4, 0.5) is 4.39 Å². The van der Waals surface area contributed by atoms with Crippen molar-refractivity contribution in [2.45, 2.75) is 25.4 Å². The predicted molar refractivity (Wildman–Crippen MR) is 64.1 cm³/mol. The summed E-state index contributed by atoms with van der Waals surface area (Å²) >= 11 is 0. The molecule has 2 unspecified atom stereocenters. The number of amides is 2. The fourth-order valence-corrected chi connectivity index (χ4v) is 2.10. The van der Waals surface area contributed by atoms with Crippen LogP contribution in [0.2, 0.25) is 0 Å². The van der Waals surface area contributed by atoms with E-state index >= 15 is 0 Å². The Hall–Kier alpha value is -1.75. The summed E-state index contributed by atoms with van der Waals surface area (Å²) in [5.41, 5.74) is 0.493. The average molecular weight is 250 g/mol. The Bertz CT molecular complexity index is 490. The Kier molecular flexibility index (Phi) is 3.43. The second kappa shape index (κ2) is 4.86. The van der Waals surface area contributed by atoms with E-state index < -0.39 is 6.04 Å². The molecule has 1 heterocycles. The van der Waals surface area contributed by atoms with Crippen LogP contribution in [0.25, 0.3) is 0 Å². The maximum Gasteiger partial charge on any atom is 0.246 e. The van der Waals surface area contributed by atoms with Crippen molar-refractivity contribution in [1.29, 1.82) is 0 Å². The molecular weight excluding hydrogens is 235 g/mol. The summed E-state index contributed by atoms with van der Waals surface area (Å²) in [6.45, 7) is 1.77. The molecule has 0 bridgehead atoms. The van der Waals surface area contributed by atoms with Gasteiger partial charge in [0.25, 0.3) is 0 Å². The zero-order valence-corrected chi connectivity index (χ0v) is 10.3. The normalized spacial score (nSPS) is 21.5. The number of likely N-dealkylation sites (N-methyl/N-ethyl adjacent to an activating group) is 1. The van der Waals surface area contributed by atoms with Gasteiger partial charge in [-0.1, -0.05) is 18.2 Å². The summed E-state index contributed by atoms with van der Waals surface area (Å²) in [6.07, 6.45) is 0.133. The molecule has 1 N–H and O–H groups in total. The fourth-order valence-electron chi connectivity index (χ4n) is 2.10. The van der Waals surface area contributed by atoms with Crippen LogP contribution in [0.5, 0.6) is 0 Å². The van der Waals surface area contributed by atoms with Crippen molar-refractivity contribution < 1.29 is 14.0 Å². The highest BCUT2D eigenvalue weighted by atomic mass is 19.1. The first-order chi connectivity index (χ1) is 8.50. The van der Waals surface area contributed by atoms with Crippen LogP contribution in [-0.2, 0) is 9.59 Å². The minimum Gasteiger partial charge on any atom is -0.299 e. The number of carbonyl (C=O) groups is 2. The Morgan fingerprint density at radius 2 is 2.06 bits per heavy atom. The van der Waals surface area contributed by atoms with Crippen molar-refractivity contribution in [3.05, 3.63) is 35.6 Å². The molecular formula is C13H15FN2O2. The third kappa shape index (κ3) is 2.26. The molecule has 1 aromatic rings. The summed E-state index contributed by atoms with van der Waals surface area (Å²) in [5.74, 6) is -0.788. The molecule has 1 aliphatic heterocycles. The topological polar surface area (TPSA) is 49.4 Å². The molecule has 4 nitrogen and oxygen atoms in total. The number of imide groups is 1. The lowest BCUT2D eigenvalue weighted by Gasteiger charge is -2.18. The highest BCUT2D eigenvalue weighted by Crippen LogP contribution is 2.19. The molecule has 1 saturated heterocycles. The highest BCUT2D eigenvalue weighted by molar-refractivity contribution is 6.05. The van der Waals surface area contributed by atoms with Gasteiger partial charge < -0.3 is 0 Å². The Morgan fingerprint density at radius 3 is 2.61 bits per heavy atom. The van der Waals surface area contributed by atoms with Crippen molar-refractivity contribution in [3.63, 3.8) is 0 Å². The number of hydrogen-bond acceptors (Lipinski definition) is 3. The van der Waals surface area contributed by atoms with Gasteiger partial charge >= 0.3 is 0 Å². The minimum absolute atomic E-state index is 0.133. The second-order valence-corrected chi connectivity index (χ2v) is 4.46. The van der Waals surface area contributed by atoms with E-state index in [1.165, 1.54) is 13.1 Å². The molecule has 1 aliphatic rings. The van der Waals surface area contributed by atoms with E-state index in [2.05, 4.69) is 5.32 Å². The van der Waals surface area contributed by atoms with Gasteiger partial charge in [0.15, 0.2) is 0 Å². The lowest BCUT2D eigenvalue weighted by molar-refractivity contribution is -0.137. The van der Waals surface area contributed by atoms with Crippen LogP contribution in [0.3, 0.4) is 0 Å². The van der Waals surface area contributed by atoms with Crippen LogP contribution in [0, 0.1) is 5.82 Å². The van der Waals surface area contributed by atoms with Gasteiger partial charge in [0, 0.05) is 18.7 Å². The van der Waals surface area contributed by atoms with Crippen LogP contribution in [0.15, 0.2) is 24.3 Å². The van der Waals surface area contributed by atoms with Gasteiger partial charge in [-0.2, -0.15) is 0 Å². The Morgan fingerprint density at radius 1 is 1.39 bits per heavy atom. The maximum atomic E-state index is 13.6. The summed E-state index contributed by atoms with van der Waals surface area (Å²) in [4.78, 5) is 24.2. The third-order valence-electron chi connectivity index (χ3n) is 3.20. The van der Waals surface area contributed by atoms with E-state index in [4.69, 9.17) is 0 Å². The van der Waals surface area contributed by atoms with Crippen LogP contribution < -0.4 is 5.32 Å². The van der Waals surface area contributed by atoms with E-state index in [0.717, 1.165) is 4.90 Å². The van der Waals surface area contributed by atoms with Crippen LogP contribution >= 0.6 is 0 Å². The molecule has 2 atom stereocenters. The van der Waals surface area contributed by atoms with E-state index in [1.54, 1.807) is 25.1 Å². The number of nitrogens with one attached hydrogen (secondary N) is 1. The quantitative estimate of drug-likeness (QED) is 0.821. The Labute approximate surface area is 105 Å². The molecule has 0 aromatic heterocycles. The molecule has 2 rings (SSSR count). The first-order valence-corrected chi connectivity index (χ1v) is 5.81. The Balaban J connectivity index is 2.09. The molecule has 18 heavy (non-hydrogen) atoms. The summed E-state index contributed by atoms with van der Waals surface area (Å²) in [7, 11) is 1.46. The van der Waals surface area contributed by atoms with Gasteiger partial charge in [-0.05, 0) is 13.0 Å². The monoisotopic (exact) mass is 250 g/mol. The number of hydrogen-bond donors (Lipinski definition) is 1. The maximum absolute atomic E-state index is 13.6. The van der Waals surface area contributed by atoms with E-state index in [0.29, 0.717) is 5.56 Å². The number of likely N-dealkylation sites (tertiary alicyclic amines) is 1. The van der Waals surface area contributed by atoms with Crippen molar-refractivity contribution in [1.82, 2.24) is 10.2 Å². The minimum atomic E-state index is -0.558. The zero-order valence-electron chi connectivity index (χ0n) is 10.3. The fraction of sp³-hybridized carbons (Fsp3) is 0.385. The van der Waals surface area contributed by atoms with E-state index in [1.807, 2.05) is 0 Å². The molecule has 0 radical (unpaired) electrons. The standard InChI is InChI=1S/C13H15FN2O2/c1-8(9-5-3-4-6-10(9)14)15-11-7-12(17)16(2)13(11)18/h3-6,8,11,15H,7H2,1-2H3. The van der Waals surface area contributed by atoms with Gasteiger partial charge in [0.05, 0.1) is 12.5 Å². The van der Waals surface area contributed by atoms with E-state index in [-0.39, 0.29) is 30.1 Å². The summed E-state index contributed by atoms with van der Waals surface area (Å²) in [6, 6.07) is 5.52. The van der Waals surface area contributed by atoms with Crippen LogP contribution in [-0.4, -0.2) is 29.8 Å². The molecule has 0 spiro atoms. The molecule has 0 aliphatic carbocycles. The van der Waals surface area contributed by atoms with Crippen molar-refractivity contribution in [3.8, 4) is 0 Å². The average Bonchev–Trinajstić information content (AvgIpc) is 2.57. The van der Waals surface area contributed by atoms with Crippen molar-refractivity contribution >= 4 is 11.8 Å². The SMILES string of the molecule is CC(NC1CC(=O)N(C)C1=O)c1ccccc1F. The number of benzene rings is 1. The summed E-state index contributed by atoms with van der Waals surface area (Å²) in [5, 5.41) is 2.99. The molecule has 2 amide bonds. The van der Waals surface area contributed by atoms with Gasteiger partial charge in [-0.25, -0.2) is 4.39 Å². The van der Waals surface area contributed by atoms with Gasteiger partial charge in [-0.3, -0.25) is 19.8 Å². The lowest BCUT2D eigenvalue weighted by atomic mass is 10.1. The number of carbonyl (C=O) groups excluding carboxylic acids is 2. The van der Waals surface area contributed by atoms with Gasteiger partial charge in [0.1, 0.15) is 5.82 Å². The summed E-state index contributed by atoms with van der Waals surface area (Å²) < 4.78 is 13.6. The number of rotatable bonds is 3.